The van der Waals surface area contributed by atoms with E-state index in [0.29, 0.717) is 0 Å². The van der Waals surface area contributed by atoms with Crippen LogP contribution in [0.25, 0.3) is 11.1 Å². The fourth-order valence-electron chi connectivity index (χ4n) is 2.25. The molecule has 1 aliphatic rings. The Hall–Kier alpha value is -1.77. The molecule has 0 radical (unpaired) electrons. The van der Waals surface area contributed by atoms with Crippen molar-refractivity contribution in [3.63, 3.8) is 0 Å². The van der Waals surface area contributed by atoms with Gasteiger partial charge in [0.2, 0.25) is 0 Å². The summed E-state index contributed by atoms with van der Waals surface area (Å²) in [6.45, 7) is 0. The number of aromatic nitrogens is 2. The number of hydrogen-bond donors (Lipinski definition) is 1. The second-order valence-corrected chi connectivity index (χ2v) is 4.84. The van der Waals surface area contributed by atoms with Gasteiger partial charge in [0.25, 0.3) is 0 Å². The van der Waals surface area contributed by atoms with Crippen molar-refractivity contribution in [3.8, 4) is 11.1 Å². The van der Waals surface area contributed by atoms with Gasteiger partial charge < -0.3 is 5.73 Å². The van der Waals surface area contributed by atoms with E-state index in [1.165, 1.54) is 18.4 Å². The van der Waals surface area contributed by atoms with E-state index in [1.807, 2.05) is 25.2 Å². The predicted octanol–water partition coefficient (Wildman–Crippen LogP) is 2.62. The molecule has 1 heterocycles. The number of nitrogen functional groups attached to an aromatic ring is 1. The lowest BCUT2D eigenvalue weighted by molar-refractivity contribution is 0.722. The Morgan fingerprint density at radius 2 is 2.00 bits per heavy atom. The van der Waals surface area contributed by atoms with Gasteiger partial charge in [0.05, 0.1) is 5.69 Å². The zero-order valence-corrected chi connectivity index (χ0v) is 10.1. The van der Waals surface area contributed by atoms with Crippen LogP contribution in [0, 0.1) is 5.92 Å². The number of anilines is 1. The molecule has 1 saturated carbocycles. The highest BCUT2D eigenvalue weighted by molar-refractivity contribution is 5.76. The summed E-state index contributed by atoms with van der Waals surface area (Å²) in [4.78, 5) is 0. The number of hydrogen-bond acceptors (Lipinski definition) is 2. The molecule has 0 aliphatic heterocycles. The lowest BCUT2D eigenvalue weighted by Crippen LogP contribution is -1.98. The Morgan fingerprint density at radius 3 is 2.65 bits per heavy atom. The molecule has 0 spiro atoms. The monoisotopic (exact) mass is 227 g/mol. The maximum atomic E-state index is 6.13. The molecular formula is C14H17N3. The normalized spacial score (nSPS) is 15.1. The second-order valence-electron chi connectivity index (χ2n) is 4.84. The minimum Gasteiger partial charge on any atom is -0.383 e. The van der Waals surface area contributed by atoms with Gasteiger partial charge in [0.15, 0.2) is 0 Å². The summed E-state index contributed by atoms with van der Waals surface area (Å²) in [5.74, 6) is 1.60. The average Bonchev–Trinajstić information content (AvgIpc) is 3.09. The molecule has 2 aromatic rings. The van der Waals surface area contributed by atoms with Gasteiger partial charge in [0, 0.05) is 12.6 Å². The lowest BCUT2D eigenvalue weighted by Gasteiger charge is -2.03. The minimum atomic E-state index is 0.770. The first-order chi connectivity index (χ1) is 8.25. The van der Waals surface area contributed by atoms with Gasteiger partial charge in [-0.05, 0) is 30.7 Å². The highest BCUT2D eigenvalue weighted by atomic mass is 15.3. The number of rotatable bonds is 3. The van der Waals surface area contributed by atoms with Crippen molar-refractivity contribution >= 4 is 5.82 Å². The van der Waals surface area contributed by atoms with E-state index in [2.05, 4.69) is 17.2 Å². The second kappa shape index (κ2) is 3.91. The van der Waals surface area contributed by atoms with Crippen molar-refractivity contribution in [2.45, 2.75) is 19.3 Å². The van der Waals surface area contributed by atoms with Gasteiger partial charge in [-0.1, -0.05) is 30.3 Å². The Bertz CT molecular complexity index is 524. The molecule has 0 bridgehead atoms. The quantitative estimate of drug-likeness (QED) is 0.876. The molecule has 0 amide bonds. The van der Waals surface area contributed by atoms with Crippen molar-refractivity contribution in [3.05, 3.63) is 36.0 Å². The molecule has 1 aromatic carbocycles. The standard InChI is InChI=1S/C14H17N3/c1-17-14(15)13(11-5-3-2-4-6-11)12(16-17)9-10-7-8-10/h2-6,10H,7-9,15H2,1H3. The van der Waals surface area contributed by atoms with Crippen LogP contribution in [0.15, 0.2) is 30.3 Å². The zero-order chi connectivity index (χ0) is 11.8. The maximum Gasteiger partial charge on any atom is 0.129 e. The molecule has 1 aromatic heterocycles. The van der Waals surface area contributed by atoms with Crippen molar-refractivity contribution in [1.29, 1.82) is 0 Å². The molecule has 3 heteroatoms. The number of benzene rings is 1. The lowest BCUT2D eigenvalue weighted by atomic mass is 10.0. The van der Waals surface area contributed by atoms with Crippen LogP contribution in [0.3, 0.4) is 0 Å². The van der Waals surface area contributed by atoms with E-state index in [-0.39, 0.29) is 0 Å². The number of nitrogens with zero attached hydrogens (tertiary/aromatic N) is 2. The van der Waals surface area contributed by atoms with Crippen molar-refractivity contribution in [1.82, 2.24) is 9.78 Å². The third-order valence-electron chi connectivity index (χ3n) is 3.41. The largest absolute Gasteiger partial charge is 0.383 e. The summed E-state index contributed by atoms with van der Waals surface area (Å²) in [6, 6.07) is 10.3. The molecular weight excluding hydrogens is 210 g/mol. The molecule has 2 N–H and O–H groups in total. The van der Waals surface area contributed by atoms with E-state index < -0.39 is 0 Å². The van der Waals surface area contributed by atoms with Gasteiger partial charge in [0.1, 0.15) is 5.82 Å². The highest BCUT2D eigenvalue weighted by Crippen LogP contribution is 2.37. The van der Waals surface area contributed by atoms with Gasteiger partial charge >= 0.3 is 0 Å². The fraction of sp³-hybridized carbons (Fsp3) is 0.357. The van der Waals surface area contributed by atoms with E-state index in [9.17, 15) is 0 Å². The third-order valence-corrected chi connectivity index (χ3v) is 3.41. The van der Waals surface area contributed by atoms with Crippen molar-refractivity contribution in [2.75, 3.05) is 5.73 Å². The molecule has 1 fully saturated rings. The van der Waals surface area contributed by atoms with E-state index in [0.717, 1.165) is 29.4 Å². The Labute approximate surface area is 101 Å². The number of aryl methyl sites for hydroxylation is 1. The van der Waals surface area contributed by atoms with Gasteiger partial charge in [-0.2, -0.15) is 5.10 Å². The summed E-state index contributed by atoms with van der Waals surface area (Å²) in [6.07, 6.45) is 3.74. The summed E-state index contributed by atoms with van der Waals surface area (Å²) in [5, 5.41) is 4.56. The van der Waals surface area contributed by atoms with Crippen LogP contribution < -0.4 is 5.73 Å². The third kappa shape index (κ3) is 1.93. The molecule has 17 heavy (non-hydrogen) atoms. The van der Waals surface area contributed by atoms with Crippen LogP contribution in [0.1, 0.15) is 18.5 Å². The van der Waals surface area contributed by atoms with E-state index in [1.54, 1.807) is 4.68 Å². The summed E-state index contributed by atoms with van der Waals surface area (Å²) >= 11 is 0. The highest BCUT2D eigenvalue weighted by Gasteiger charge is 2.26. The van der Waals surface area contributed by atoms with Crippen LogP contribution in [0.4, 0.5) is 5.82 Å². The Kier molecular flexibility index (Phi) is 2.39. The average molecular weight is 227 g/mol. The molecule has 0 saturated heterocycles. The van der Waals surface area contributed by atoms with Crippen LogP contribution in [-0.2, 0) is 13.5 Å². The molecule has 1 aliphatic carbocycles. The van der Waals surface area contributed by atoms with Crippen LogP contribution in [0.2, 0.25) is 0 Å². The summed E-state index contributed by atoms with van der Waals surface area (Å²) in [7, 11) is 1.91. The van der Waals surface area contributed by atoms with Crippen molar-refractivity contribution < 1.29 is 0 Å². The smallest absolute Gasteiger partial charge is 0.129 e. The Morgan fingerprint density at radius 1 is 1.29 bits per heavy atom. The van der Waals surface area contributed by atoms with Gasteiger partial charge in [-0.15, -0.1) is 0 Å². The topological polar surface area (TPSA) is 43.8 Å². The minimum absolute atomic E-state index is 0.770. The molecule has 0 atom stereocenters. The first-order valence-electron chi connectivity index (χ1n) is 6.12. The van der Waals surface area contributed by atoms with Crippen LogP contribution in [0.5, 0.6) is 0 Å². The summed E-state index contributed by atoms with van der Waals surface area (Å²) in [5.41, 5.74) is 9.58. The van der Waals surface area contributed by atoms with Gasteiger partial charge in [-0.3, -0.25) is 4.68 Å². The van der Waals surface area contributed by atoms with E-state index in [4.69, 9.17) is 5.73 Å². The molecule has 3 nitrogen and oxygen atoms in total. The van der Waals surface area contributed by atoms with Crippen LogP contribution >= 0.6 is 0 Å². The molecule has 88 valence electrons. The van der Waals surface area contributed by atoms with Crippen molar-refractivity contribution in [2.24, 2.45) is 13.0 Å². The summed E-state index contributed by atoms with van der Waals surface area (Å²) < 4.78 is 1.79. The number of nitrogens with two attached hydrogens (primary N) is 1. The SMILES string of the molecule is Cn1nc(CC2CC2)c(-c2ccccc2)c1N. The first kappa shape index (κ1) is 10.4. The first-order valence-corrected chi connectivity index (χ1v) is 6.12. The maximum absolute atomic E-state index is 6.13. The molecule has 3 rings (SSSR count). The predicted molar refractivity (Wildman–Crippen MR) is 69.5 cm³/mol. The Balaban J connectivity index is 2.06. The molecule has 0 unspecified atom stereocenters. The van der Waals surface area contributed by atoms with E-state index >= 15 is 0 Å². The van der Waals surface area contributed by atoms with Crippen LogP contribution in [-0.4, -0.2) is 9.78 Å². The van der Waals surface area contributed by atoms with Gasteiger partial charge in [-0.25, -0.2) is 0 Å². The fourth-order valence-corrected chi connectivity index (χ4v) is 2.25. The zero-order valence-electron chi connectivity index (χ0n) is 10.1.